The topological polar surface area (TPSA) is 78.7 Å². The van der Waals surface area contributed by atoms with E-state index in [1.165, 1.54) is 0 Å². The van der Waals surface area contributed by atoms with E-state index in [0.717, 1.165) is 25.7 Å². The summed E-state index contributed by atoms with van der Waals surface area (Å²) in [7, 11) is 2.14. The molecule has 2 rings (SSSR count). The Kier molecular flexibility index (Phi) is 5.45. The zero-order chi connectivity index (χ0) is 16.4. The Labute approximate surface area is 133 Å². The molecule has 0 aromatic heterocycles. The number of carbonyl (C=O) groups excluding carboxylic acids is 2. The van der Waals surface area contributed by atoms with Crippen molar-refractivity contribution in [3.05, 3.63) is 0 Å². The normalized spacial score (nSPS) is 32.9. The first kappa shape index (κ1) is 17.2. The Morgan fingerprint density at radius 3 is 2.55 bits per heavy atom. The van der Waals surface area contributed by atoms with Crippen molar-refractivity contribution in [1.82, 2.24) is 15.1 Å². The largest absolute Gasteiger partial charge is 0.351 e. The van der Waals surface area contributed by atoms with E-state index in [4.69, 9.17) is 5.73 Å². The van der Waals surface area contributed by atoms with Gasteiger partial charge in [0, 0.05) is 25.6 Å². The molecule has 126 valence electrons. The zero-order valence-corrected chi connectivity index (χ0v) is 14.2. The number of nitrogens with two attached hydrogens (primary N) is 1. The Morgan fingerprint density at radius 2 is 2.05 bits per heavy atom. The fourth-order valence-corrected chi connectivity index (χ4v) is 3.77. The van der Waals surface area contributed by atoms with Gasteiger partial charge in [0.2, 0.25) is 11.8 Å². The highest BCUT2D eigenvalue weighted by Crippen LogP contribution is 2.29. The number of amides is 2. The third-order valence-corrected chi connectivity index (χ3v) is 5.25. The average Bonchev–Trinajstić information content (AvgIpc) is 2.77. The van der Waals surface area contributed by atoms with Crippen LogP contribution in [0.1, 0.15) is 46.5 Å². The van der Waals surface area contributed by atoms with Crippen LogP contribution in [0.4, 0.5) is 0 Å². The summed E-state index contributed by atoms with van der Waals surface area (Å²) in [5.41, 5.74) is 5.85. The summed E-state index contributed by atoms with van der Waals surface area (Å²) in [5, 5.41) is 3.07. The van der Waals surface area contributed by atoms with Gasteiger partial charge in [-0.15, -0.1) is 0 Å². The van der Waals surface area contributed by atoms with Gasteiger partial charge >= 0.3 is 0 Å². The molecule has 4 atom stereocenters. The van der Waals surface area contributed by atoms with Crippen LogP contribution < -0.4 is 11.1 Å². The van der Waals surface area contributed by atoms with Crippen molar-refractivity contribution in [3.8, 4) is 0 Å². The van der Waals surface area contributed by atoms with Gasteiger partial charge in [-0.3, -0.25) is 9.59 Å². The van der Waals surface area contributed by atoms with E-state index in [-0.39, 0.29) is 29.9 Å². The number of hydrogen-bond acceptors (Lipinski definition) is 4. The van der Waals surface area contributed by atoms with E-state index >= 15 is 0 Å². The van der Waals surface area contributed by atoms with Crippen LogP contribution in [0.25, 0.3) is 0 Å². The molecule has 2 aliphatic rings. The first-order valence-electron chi connectivity index (χ1n) is 8.36. The predicted molar refractivity (Wildman–Crippen MR) is 86.2 cm³/mol. The van der Waals surface area contributed by atoms with Gasteiger partial charge in [0.1, 0.15) is 0 Å². The van der Waals surface area contributed by atoms with Gasteiger partial charge in [0.15, 0.2) is 0 Å². The minimum atomic E-state index is -0.367. The molecule has 0 aromatic carbocycles. The van der Waals surface area contributed by atoms with E-state index in [1.807, 2.05) is 4.90 Å². The molecule has 0 radical (unpaired) electrons. The fraction of sp³-hybridized carbons (Fsp3) is 0.875. The van der Waals surface area contributed by atoms with E-state index in [9.17, 15) is 9.59 Å². The standard InChI is InChI=1S/C16H30N4O2/c1-10(2)19(4)12-5-6-15(14(9-12)18-11(3)21)20-8-7-13(17)16(20)22/h10,12-15H,5-9,17H2,1-4H3,(H,18,21)/t12?,13-,14+,15-/m0/s1. The molecule has 0 aromatic rings. The number of carbonyl (C=O) groups is 2. The highest BCUT2D eigenvalue weighted by Gasteiger charge is 2.41. The lowest BCUT2D eigenvalue weighted by atomic mass is 9.84. The molecule has 1 saturated carbocycles. The van der Waals surface area contributed by atoms with E-state index in [0.29, 0.717) is 18.6 Å². The Morgan fingerprint density at radius 1 is 1.36 bits per heavy atom. The molecular formula is C16H30N4O2. The zero-order valence-electron chi connectivity index (χ0n) is 14.2. The minimum Gasteiger partial charge on any atom is -0.351 e. The van der Waals surface area contributed by atoms with Gasteiger partial charge in [-0.2, -0.15) is 0 Å². The van der Waals surface area contributed by atoms with Crippen LogP contribution in [-0.2, 0) is 9.59 Å². The molecule has 6 heteroatoms. The molecule has 6 nitrogen and oxygen atoms in total. The second-order valence-electron chi connectivity index (χ2n) is 7.03. The molecular weight excluding hydrogens is 280 g/mol. The van der Waals surface area contributed by atoms with Crippen LogP contribution >= 0.6 is 0 Å². The summed E-state index contributed by atoms with van der Waals surface area (Å²) in [6.07, 6.45) is 3.58. The number of nitrogens with zero attached hydrogens (tertiary/aromatic N) is 2. The van der Waals surface area contributed by atoms with Gasteiger partial charge < -0.3 is 20.9 Å². The molecule has 0 spiro atoms. The average molecular weight is 310 g/mol. The quantitative estimate of drug-likeness (QED) is 0.783. The van der Waals surface area contributed by atoms with Crippen LogP contribution in [0.3, 0.4) is 0 Å². The first-order chi connectivity index (χ1) is 10.3. The second-order valence-corrected chi connectivity index (χ2v) is 7.03. The van der Waals surface area contributed by atoms with Crippen molar-refractivity contribution in [2.45, 2.75) is 76.7 Å². The molecule has 22 heavy (non-hydrogen) atoms. The third-order valence-electron chi connectivity index (χ3n) is 5.25. The van der Waals surface area contributed by atoms with Crippen LogP contribution in [0.2, 0.25) is 0 Å². The molecule has 2 fully saturated rings. The predicted octanol–water partition coefficient (Wildman–Crippen LogP) is 0.312. The highest BCUT2D eigenvalue weighted by molar-refractivity contribution is 5.84. The maximum Gasteiger partial charge on any atom is 0.239 e. The van der Waals surface area contributed by atoms with E-state index in [2.05, 4.69) is 31.1 Å². The number of nitrogens with one attached hydrogen (secondary N) is 1. The minimum absolute atomic E-state index is 0.0201. The highest BCUT2D eigenvalue weighted by atomic mass is 16.2. The molecule has 3 N–H and O–H groups in total. The van der Waals surface area contributed by atoms with Crippen LogP contribution in [0, 0.1) is 0 Å². The molecule has 1 unspecified atom stereocenters. The number of hydrogen-bond donors (Lipinski definition) is 2. The lowest BCUT2D eigenvalue weighted by molar-refractivity contribution is -0.133. The molecule has 2 amide bonds. The maximum atomic E-state index is 12.2. The van der Waals surface area contributed by atoms with E-state index in [1.54, 1.807) is 6.92 Å². The van der Waals surface area contributed by atoms with Crippen molar-refractivity contribution in [2.75, 3.05) is 13.6 Å². The summed E-state index contributed by atoms with van der Waals surface area (Å²) in [6, 6.07) is 0.656. The second kappa shape index (κ2) is 6.96. The Balaban J connectivity index is 2.10. The van der Waals surface area contributed by atoms with Crippen LogP contribution in [-0.4, -0.2) is 65.4 Å². The van der Waals surface area contributed by atoms with Crippen molar-refractivity contribution in [2.24, 2.45) is 5.73 Å². The summed E-state index contributed by atoms with van der Waals surface area (Å²) >= 11 is 0. The molecule has 1 saturated heterocycles. The summed E-state index contributed by atoms with van der Waals surface area (Å²) in [5.74, 6) is 0.00908. The van der Waals surface area contributed by atoms with E-state index < -0.39 is 0 Å². The smallest absolute Gasteiger partial charge is 0.239 e. The van der Waals surface area contributed by atoms with Gasteiger partial charge in [0.05, 0.1) is 18.1 Å². The van der Waals surface area contributed by atoms with Gasteiger partial charge in [0.25, 0.3) is 0 Å². The summed E-state index contributed by atoms with van der Waals surface area (Å²) in [4.78, 5) is 28.1. The first-order valence-corrected chi connectivity index (χ1v) is 8.36. The number of likely N-dealkylation sites (tertiary alicyclic amines) is 1. The van der Waals surface area contributed by atoms with Crippen molar-refractivity contribution >= 4 is 11.8 Å². The van der Waals surface area contributed by atoms with Crippen LogP contribution in [0.15, 0.2) is 0 Å². The van der Waals surface area contributed by atoms with Gasteiger partial charge in [-0.25, -0.2) is 0 Å². The Hall–Kier alpha value is -1.14. The number of rotatable bonds is 4. The molecule has 0 bridgehead atoms. The third kappa shape index (κ3) is 3.60. The summed E-state index contributed by atoms with van der Waals surface area (Å²) < 4.78 is 0. The van der Waals surface area contributed by atoms with Crippen molar-refractivity contribution in [3.63, 3.8) is 0 Å². The Bertz CT molecular complexity index is 426. The molecule has 1 heterocycles. The van der Waals surface area contributed by atoms with Crippen molar-refractivity contribution < 1.29 is 9.59 Å². The van der Waals surface area contributed by atoms with Gasteiger partial charge in [-0.1, -0.05) is 0 Å². The lowest BCUT2D eigenvalue weighted by Crippen LogP contribution is -2.58. The summed E-state index contributed by atoms with van der Waals surface area (Å²) in [6.45, 7) is 6.63. The lowest BCUT2D eigenvalue weighted by Gasteiger charge is -2.44. The van der Waals surface area contributed by atoms with Crippen molar-refractivity contribution in [1.29, 1.82) is 0 Å². The maximum absolute atomic E-state index is 12.2. The molecule has 1 aliphatic carbocycles. The van der Waals surface area contributed by atoms with Gasteiger partial charge in [-0.05, 0) is 46.6 Å². The SMILES string of the molecule is CC(=O)N[C@@H]1CC(N(C)C(C)C)CC[C@@H]1N1CC[C@H](N)C1=O. The monoisotopic (exact) mass is 310 g/mol. The fourth-order valence-electron chi connectivity index (χ4n) is 3.77. The van der Waals surface area contributed by atoms with Crippen LogP contribution in [0.5, 0.6) is 0 Å². The molecule has 1 aliphatic heterocycles.